The second-order valence-electron chi connectivity index (χ2n) is 3.19. The highest BCUT2D eigenvalue weighted by atomic mass is 19.3. The van der Waals surface area contributed by atoms with Crippen molar-refractivity contribution < 1.29 is 17.9 Å². The van der Waals surface area contributed by atoms with Crippen LogP contribution in [0.15, 0.2) is 18.2 Å². The molecule has 1 aromatic carbocycles. The Morgan fingerprint density at radius 2 is 2.00 bits per heavy atom. The minimum absolute atomic E-state index is 0.259. The van der Waals surface area contributed by atoms with E-state index in [4.69, 9.17) is 5.41 Å². The van der Waals surface area contributed by atoms with E-state index in [9.17, 15) is 13.2 Å². The number of halogens is 3. The molecule has 2 nitrogen and oxygen atoms in total. The zero-order valence-corrected chi connectivity index (χ0v) is 8.27. The van der Waals surface area contributed by atoms with Crippen LogP contribution >= 0.6 is 0 Å². The average molecular weight is 217 g/mol. The molecular weight excluding hydrogens is 207 g/mol. The van der Waals surface area contributed by atoms with Gasteiger partial charge in [0.15, 0.2) is 17.5 Å². The maximum atomic E-state index is 13.1. The van der Waals surface area contributed by atoms with E-state index in [1.807, 2.05) is 0 Å². The lowest BCUT2D eigenvalue weighted by atomic mass is 10.1. The molecule has 15 heavy (non-hydrogen) atoms. The number of rotatable bonds is 2. The predicted octanol–water partition coefficient (Wildman–Crippen LogP) is 3.31. The summed E-state index contributed by atoms with van der Waals surface area (Å²) in [6, 6.07) is 2.78. The third-order valence-corrected chi connectivity index (χ3v) is 1.70. The molecule has 0 unspecified atom stereocenters. The summed E-state index contributed by atoms with van der Waals surface area (Å²) in [5, 5.41) is 6.98. The third kappa shape index (κ3) is 2.97. The van der Waals surface area contributed by atoms with Gasteiger partial charge in [-0.2, -0.15) is 0 Å². The first-order valence-corrected chi connectivity index (χ1v) is 4.21. The van der Waals surface area contributed by atoms with Gasteiger partial charge in [0.25, 0.3) is 5.92 Å². The topological polar surface area (TPSA) is 33.1 Å². The Balaban J connectivity index is 3.11. The van der Waals surface area contributed by atoms with E-state index in [2.05, 4.69) is 4.74 Å². The second kappa shape index (κ2) is 3.92. The number of alkyl halides is 2. The highest BCUT2D eigenvalue weighted by Crippen LogP contribution is 2.30. The molecule has 0 fully saturated rings. The van der Waals surface area contributed by atoms with Crippen molar-refractivity contribution in [2.75, 3.05) is 0 Å². The van der Waals surface area contributed by atoms with Gasteiger partial charge in [0.1, 0.15) is 0 Å². The highest BCUT2D eigenvalue weighted by molar-refractivity contribution is 5.72. The first-order valence-electron chi connectivity index (χ1n) is 4.21. The molecule has 1 rings (SSSR count). The molecule has 0 radical (unpaired) electrons. The summed E-state index contributed by atoms with van der Waals surface area (Å²) >= 11 is 0. The molecule has 1 aromatic rings. The molecule has 0 aliphatic carbocycles. The maximum absolute atomic E-state index is 13.1. The van der Waals surface area contributed by atoms with Crippen LogP contribution in [-0.2, 0) is 5.92 Å². The van der Waals surface area contributed by atoms with Crippen LogP contribution in [0.5, 0.6) is 5.75 Å². The van der Waals surface area contributed by atoms with Gasteiger partial charge < -0.3 is 4.74 Å². The highest BCUT2D eigenvalue weighted by Gasteiger charge is 2.25. The Labute approximate surface area is 85.2 Å². The van der Waals surface area contributed by atoms with E-state index in [0.29, 0.717) is 6.92 Å². The summed E-state index contributed by atoms with van der Waals surface area (Å²) in [6.07, 6.45) is 0. The minimum Gasteiger partial charge on any atom is -0.441 e. The van der Waals surface area contributed by atoms with Gasteiger partial charge in [0, 0.05) is 19.4 Å². The van der Waals surface area contributed by atoms with Gasteiger partial charge in [0.05, 0.1) is 0 Å². The minimum atomic E-state index is -3.05. The van der Waals surface area contributed by atoms with Crippen molar-refractivity contribution in [3.8, 4) is 5.75 Å². The number of benzene rings is 1. The summed E-state index contributed by atoms with van der Waals surface area (Å²) < 4.78 is 43.5. The van der Waals surface area contributed by atoms with Crippen molar-refractivity contribution in [3.05, 3.63) is 29.6 Å². The Bertz CT molecular complexity index is 385. The summed E-state index contributed by atoms with van der Waals surface area (Å²) in [4.78, 5) is 0. The van der Waals surface area contributed by atoms with Gasteiger partial charge in [0.2, 0.25) is 0 Å². The van der Waals surface area contributed by atoms with Crippen molar-refractivity contribution in [1.82, 2.24) is 0 Å². The summed E-state index contributed by atoms with van der Waals surface area (Å²) in [5.41, 5.74) is -0.347. The van der Waals surface area contributed by atoms with Gasteiger partial charge in [-0.3, -0.25) is 5.41 Å². The third-order valence-electron chi connectivity index (χ3n) is 1.70. The van der Waals surface area contributed by atoms with Crippen molar-refractivity contribution >= 4 is 5.90 Å². The number of nitrogens with one attached hydrogen (secondary N) is 1. The smallest absolute Gasteiger partial charge is 0.270 e. The molecular formula is C10H10F3NO. The Kier molecular flexibility index (Phi) is 3.02. The van der Waals surface area contributed by atoms with Gasteiger partial charge in [-0.1, -0.05) is 0 Å². The number of hydrogen-bond donors (Lipinski definition) is 1. The van der Waals surface area contributed by atoms with Crippen molar-refractivity contribution in [1.29, 1.82) is 5.41 Å². The van der Waals surface area contributed by atoms with E-state index in [1.165, 1.54) is 6.92 Å². The fraction of sp³-hybridized carbons (Fsp3) is 0.300. The average Bonchev–Trinajstić information content (AvgIpc) is 2.06. The van der Waals surface area contributed by atoms with E-state index in [0.717, 1.165) is 18.2 Å². The van der Waals surface area contributed by atoms with Crippen molar-refractivity contribution in [2.24, 2.45) is 0 Å². The Morgan fingerprint density at radius 3 is 2.47 bits per heavy atom. The summed E-state index contributed by atoms with van der Waals surface area (Å²) in [5.74, 6) is -4.44. The fourth-order valence-electron chi connectivity index (χ4n) is 1.02. The van der Waals surface area contributed by atoms with Crippen LogP contribution in [0.1, 0.15) is 19.4 Å². The van der Waals surface area contributed by atoms with Gasteiger partial charge >= 0.3 is 0 Å². The summed E-state index contributed by atoms with van der Waals surface area (Å²) in [7, 11) is 0. The van der Waals surface area contributed by atoms with Crippen LogP contribution < -0.4 is 4.74 Å². The first kappa shape index (κ1) is 11.6. The molecule has 0 atom stereocenters. The standard InChI is InChI=1S/C10H10F3NO/c1-6(14)15-9-5-7(10(2,12)13)3-4-8(9)11/h3-5,14H,1-2H3. The largest absolute Gasteiger partial charge is 0.441 e. The quantitative estimate of drug-likeness (QED) is 0.598. The molecule has 0 heterocycles. The van der Waals surface area contributed by atoms with Crippen LogP contribution in [0, 0.1) is 11.2 Å². The first-order chi connectivity index (χ1) is 6.80. The second-order valence-corrected chi connectivity index (χ2v) is 3.19. The lowest BCUT2D eigenvalue weighted by Crippen LogP contribution is -2.09. The fourth-order valence-corrected chi connectivity index (χ4v) is 1.02. The van der Waals surface area contributed by atoms with Gasteiger partial charge in [-0.15, -0.1) is 0 Å². The van der Waals surface area contributed by atoms with Crippen LogP contribution in [0.3, 0.4) is 0 Å². The molecule has 82 valence electrons. The lowest BCUT2D eigenvalue weighted by molar-refractivity contribution is 0.0172. The monoisotopic (exact) mass is 217 g/mol. The normalized spacial score (nSPS) is 11.3. The zero-order valence-electron chi connectivity index (χ0n) is 8.27. The van der Waals surface area contributed by atoms with E-state index >= 15 is 0 Å². The van der Waals surface area contributed by atoms with E-state index in [1.54, 1.807) is 0 Å². The van der Waals surface area contributed by atoms with Crippen molar-refractivity contribution in [2.45, 2.75) is 19.8 Å². The maximum Gasteiger partial charge on any atom is 0.270 e. The SMILES string of the molecule is CC(=N)Oc1cc(C(C)(F)F)ccc1F. The molecule has 0 saturated carbocycles. The molecule has 0 saturated heterocycles. The predicted molar refractivity (Wildman–Crippen MR) is 50.0 cm³/mol. The van der Waals surface area contributed by atoms with E-state index in [-0.39, 0.29) is 17.2 Å². The van der Waals surface area contributed by atoms with Crippen LogP contribution in [0.25, 0.3) is 0 Å². The molecule has 0 aliphatic rings. The molecule has 1 N–H and O–H groups in total. The molecule has 0 aliphatic heterocycles. The van der Waals surface area contributed by atoms with Crippen LogP contribution in [-0.4, -0.2) is 5.90 Å². The Morgan fingerprint density at radius 1 is 1.40 bits per heavy atom. The summed E-state index contributed by atoms with van der Waals surface area (Å²) in [6.45, 7) is 2.00. The number of hydrogen-bond acceptors (Lipinski definition) is 2. The molecule has 0 bridgehead atoms. The lowest BCUT2D eigenvalue weighted by Gasteiger charge is -2.12. The van der Waals surface area contributed by atoms with Crippen LogP contribution in [0.2, 0.25) is 0 Å². The molecule has 0 spiro atoms. The van der Waals surface area contributed by atoms with Gasteiger partial charge in [-0.25, -0.2) is 13.2 Å². The molecule has 0 amide bonds. The van der Waals surface area contributed by atoms with Crippen molar-refractivity contribution in [3.63, 3.8) is 0 Å². The molecule has 0 aromatic heterocycles. The Hall–Kier alpha value is -1.52. The van der Waals surface area contributed by atoms with E-state index < -0.39 is 11.7 Å². The van der Waals surface area contributed by atoms with Crippen LogP contribution in [0.4, 0.5) is 13.2 Å². The van der Waals surface area contributed by atoms with Gasteiger partial charge in [-0.05, 0) is 18.2 Å². The molecule has 5 heteroatoms. The zero-order chi connectivity index (χ0) is 11.6. The number of ether oxygens (including phenoxy) is 1.